The van der Waals surface area contributed by atoms with Crippen LogP contribution < -0.4 is 0 Å². The highest BCUT2D eigenvalue weighted by Crippen LogP contribution is 2.42. The van der Waals surface area contributed by atoms with Crippen molar-refractivity contribution in [2.24, 2.45) is 0 Å². The minimum absolute atomic E-state index is 0.288. The van der Waals surface area contributed by atoms with Crippen LogP contribution in [0.4, 0.5) is 0 Å². The molecule has 1 heterocycles. The predicted octanol–water partition coefficient (Wildman–Crippen LogP) is 3.26. The molecule has 2 aromatic carbocycles. The molecular weight excluding hydrogens is 252 g/mol. The zero-order valence-electron chi connectivity index (χ0n) is 10.9. The quantitative estimate of drug-likeness (QED) is 0.629. The van der Waals surface area contributed by atoms with Gasteiger partial charge in [0.25, 0.3) is 5.79 Å². The second kappa shape index (κ2) is 4.94. The van der Waals surface area contributed by atoms with Crippen molar-refractivity contribution in [1.82, 2.24) is 0 Å². The van der Waals surface area contributed by atoms with Crippen molar-refractivity contribution in [2.45, 2.75) is 5.79 Å². The van der Waals surface area contributed by atoms with E-state index in [1.165, 1.54) is 0 Å². The Bertz CT molecular complexity index is 648. The van der Waals surface area contributed by atoms with E-state index in [-0.39, 0.29) is 12.6 Å². The number of fused-ring (bicyclic) bond motifs is 1. The fraction of sp³-hybridized carbons (Fsp3) is 0.118. The first-order chi connectivity index (χ1) is 9.78. The molecule has 0 bridgehead atoms. The second-order valence-corrected chi connectivity index (χ2v) is 4.52. The van der Waals surface area contributed by atoms with Crippen LogP contribution in [0.15, 0.2) is 67.3 Å². The van der Waals surface area contributed by atoms with Gasteiger partial charge >= 0.3 is 5.97 Å². The molecule has 0 fully saturated rings. The molecule has 100 valence electrons. The lowest BCUT2D eigenvalue weighted by Crippen LogP contribution is -2.31. The van der Waals surface area contributed by atoms with Crippen LogP contribution in [0.25, 0.3) is 0 Å². The maximum atomic E-state index is 12.1. The van der Waals surface area contributed by atoms with Crippen molar-refractivity contribution < 1.29 is 14.3 Å². The van der Waals surface area contributed by atoms with Gasteiger partial charge in [0.2, 0.25) is 0 Å². The highest BCUT2D eigenvalue weighted by atomic mass is 16.7. The fourth-order valence-corrected chi connectivity index (χ4v) is 2.43. The molecule has 2 aromatic rings. The van der Waals surface area contributed by atoms with E-state index in [0.29, 0.717) is 5.56 Å². The normalized spacial score (nSPS) is 20.3. The Morgan fingerprint density at radius 2 is 1.80 bits per heavy atom. The molecule has 1 atom stereocenters. The molecule has 0 radical (unpaired) electrons. The molecule has 0 saturated heterocycles. The van der Waals surface area contributed by atoms with Crippen molar-refractivity contribution in [3.8, 4) is 0 Å². The largest absolute Gasteiger partial charge is 0.420 e. The van der Waals surface area contributed by atoms with E-state index in [1.54, 1.807) is 12.1 Å². The van der Waals surface area contributed by atoms with Gasteiger partial charge in [-0.3, -0.25) is 0 Å². The van der Waals surface area contributed by atoms with Gasteiger partial charge in [-0.2, -0.15) is 0 Å². The van der Waals surface area contributed by atoms with E-state index in [4.69, 9.17) is 9.47 Å². The molecule has 3 nitrogen and oxygen atoms in total. The summed E-state index contributed by atoms with van der Waals surface area (Å²) in [6, 6.07) is 16.8. The molecule has 20 heavy (non-hydrogen) atoms. The van der Waals surface area contributed by atoms with E-state index in [9.17, 15) is 4.79 Å². The number of rotatable bonds is 4. The van der Waals surface area contributed by atoms with Crippen molar-refractivity contribution >= 4 is 5.97 Å². The molecule has 1 aliphatic rings. The summed E-state index contributed by atoms with van der Waals surface area (Å²) in [5.41, 5.74) is 2.07. The van der Waals surface area contributed by atoms with Gasteiger partial charge in [-0.1, -0.05) is 54.6 Å². The van der Waals surface area contributed by atoms with E-state index < -0.39 is 5.79 Å². The highest BCUT2D eigenvalue weighted by molar-refractivity contribution is 5.95. The molecule has 0 unspecified atom stereocenters. The molecule has 0 aromatic heterocycles. The van der Waals surface area contributed by atoms with Gasteiger partial charge in [0, 0.05) is 11.1 Å². The minimum atomic E-state index is -1.18. The summed E-state index contributed by atoms with van der Waals surface area (Å²) in [5, 5.41) is 0. The van der Waals surface area contributed by atoms with Gasteiger partial charge < -0.3 is 9.47 Å². The first-order valence-electron chi connectivity index (χ1n) is 6.41. The Morgan fingerprint density at radius 1 is 1.10 bits per heavy atom. The average molecular weight is 266 g/mol. The standard InChI is InChI=1S/C17H14O3/c1-2-12-19-17(13-8-4-3-5-9-13)15-11-7-6-10-14(15)16(18)20-17/h2-11H,1,12H2/t17-/m1/s1. The summed E-state index contributed by atoms with van der Waals surface area (Å²) in [6.45, 7) is 3.94. The Morgan fingerprint density at radius 3 is 2.55 bits per heavy atom. The maximum absolute atomic E-state index is 12.1. The van der Waals surface area contributed by atoms with Gasteiger partial charge in [-0.15, -0.1) is 6.58 Å². The average Bonchev–Trinajstić information content (AvgIpc) is 2.80. The van der Waals surface area contributed by atoms with E-state index in [1.807, 2.05) is 48.5 Å². The topological polar surface area (TPSA) is 35.5 Å². The van der Waals surface area contributed by atoms with Gasteiger partial charge in [0.05, 0.1) is 12.2 Å². The van der Waals surface area contributed by atoms with Gasteiger partial charge in [0.15, 0.2) is 0 Å². The summed E-state index contributed by atoms with van der Waals surface area (Å²) in [4.78, 5) is 12.1. The van der Waals surface area contributed by atoms with Gasteiger partial charge in [0.1, 0.15) is 0 Å². The predicted molar refractivity (Wildman–Crippen MR) is 75.2 cm³/mol. The van der Waals surface area contributed by atoms with Crippen LogP contribution in [0.5, 0.6) is 0 Å². The number of esters is 1. The van der Waals surface area contributed by atoms with Crippen LogP contribution in [0.1, 0.15) is 21.5 Å². The summed E-state index contributed by atoms with van der Waals surface area (Å²) in [5.74, 6) is -1.54. The Balaban J connectivity index is 2.18. The van der Waals surface area contributed by atoms with Crippen LogP contribution >= 0.6 is 0 Å². The number of ether oxygens (including phenoxy) is 2. The van der Waals surface area contributed by atoms with Crippen LogP contribution in [-0.4, -0.2) is 12.6 Å². The fourth-order valence-electron chi connectivity index (χ4n) is 2.43. The summed E-state index contributed by atoms with van der Waals surface area (Å²) < 4.78 is 11.5. The SMILES string of the molecule is C=CCO[C@]1(c2ccccc2)OC(=O)c2ccccc21. The lowest BCUT2D eigenvalue weighted by molar-refractivity contribution is -0.166. The molecular formula is C17H14O3. The second-order valence-electron chi connectivity index (χ2n) is 4.52. The summed E-state index contributed by atoms with van der Waals surface area (Å²) in [7, 11) is 0. The summed E-state index contributed by atoms with van der Waals surface area (Å²) in [6.07, 6.45) is 1.64. The summed E-state index contributed by atoms with van der Waals surface area (Å²) >= 11 is 0. The maximum Gasteiger partial charge on any atom is 0.341 e. The van der Waals surface area contributed by atoms with Crippen LogP contribution in [0.2, 0.25) is 0 Å². The molecule has 0 aliphatic carbocycles. The number of carbonyl (C=O) groups excluding carboxylic acids is 1. The van der Waals surface area contributed by atoms with Gasteiger partial charge in [-0.05, 0) is 6.07 Å². The third-order valence-electron chi connectivity index (χ3n) is 3.30. The molecule has 0 N–H and O–H groups in total. The molecule has 3 heteroatoms. The molecule has 1 aliphatic heterocycles. The zero-order chi connectivity index (χ0) is 14.0. The van der Waals surface area contributed by atoms with E-state index in [2.05, 4.69) is 6.58 Å². The number of hydrogen-bond donors (Lipinski definition) is 0. The molecule has 3 rings (SSSR count). The van der Waals surface area contributed by atoms with Gasteiger partial charge in [-0.25, -0.2) is 4.79 Å². The minimum Gasteiger partial charge on any atom is -0.420 e. The van der Waals surface area contributed by atoms with Crippen molar-refractivity contribution in [2.75, 3.05) is 6.61 Å². The number of hydrogen-bond acceptors (Lipinski definition) is 3. The smallest absolute Gasteiger partial charge is 0.341 e. The third kappa shape index (κ3) is 1.84. The number of cyclic esters (lactones) is 1. The molecule has 0 amide bonds. The lowest BCUT2D eigenvalue weighted by Gasteiger charge is -2.28. The zero-order valence-corrected chi connectivity index (χ0v) is 10.9. The van der Waals surface area contributed by atoms with Crippen molar-refractivity contribution in [3.05, 3.63) is 83.9 Å². The number of benzene rings is 2. The Labute approximate surface area is 117 Å². The van der Waals surface area contributed by atoms with Crippen LogP contribution in [0, 0.1) is 0 Å². The van der Waals surface area contributed by atoms with Crippen LogP contribution in [-0.2, 0) is 15.3 Å². The third-order valence-corrected chi connectivity index (χ3v) is 3.30. The first kappa shape index (κ1) is 12.6. The monoisotopic (exact) mass is 266 g/mol. The molecule has 0 spiro atoms. The van der Waals surface area contributed by atoms with E-state index in [0.717, 1.165) is 11.1 Å². The first-order valence-corrected chi connectivity index (χ1v) is 6.41. The van der Waals surface area contributed by atoms with E-state index >= 15 is 0 Å². The lowest BCUT2D eigenvalue weighted by atomic mass is 9.95. The molecule has 0 saturated carbocycles. The Hall–Kier alpha value is -2.39. The number of carbonyl (C=O) groups is 1. The van der Waals surface area contributed by atoms with Crippen LogP contribution in [0.3, 0.4) is 0 Å². The highest BCUT2D eigenvalue weighted by Gasteiger charge is 2.48. The van der Waals surface area contributed by atoms with Crippen molar-refractivity contribution in [3.63, 3.8) is 0 Å². The van der Waals surface area contributed by atoms with Crippen molar-refractivity contribution in [1.29, 1.82) is 0 Å². The Kier molecular flexibility index (Phi) is 3.12.